The molecule has 18 heavy (non-hydrogen) atoms. The van der Waals surface area contributed by atoms with Gasteiger partial charge < -0.3 is 10.6 Å². The predicted molar refractivity (Wildman–Crippen MR) is 71.1 cm³/mol. The van der Waals surface area contributed by atoms with Crippen LogP contribution in [0.1, 0.15) is 24.8 Å². The quantitative estimate of drug-likeness (QED) is 0.884. The third-order valence-electron chi connectivity index (χ3n) is 3.01. The fraction of sp³-hybridized carbons (Fsp3) is 0.462. The highest BCUT2D eigenvalue weighted by Gasteiger charge is 2.19. The highest BCUT2D eigenvalue weighted by molar-refractivity contribution is 5.85. The maximum absolute atomic E-state index is 12.7. The van der Waals surface area contributed by atoms with Crippen molar-refractivity contribution in [3.8, 4) is 0 Å². The van der Waals surface area contributed by atoms with E-state index in [0.29, 0.717) is 6.54 Å². The molecule has 0 unspecified atom stereocenters. The number of carbonyl (C=O) groups is 1. The molecule has 1 saturated heterocycles. The first-order valence-corrected chi connectivity index (χ1v) is 6.01. The normalized spacial score (nSPS) is 18.8. The van der Waals surface area contributed by atoms with Crippen LogP contribution in [0, 0.1) is 5.82 Å². The molecule has 0 saturated carbocycles. The van der Waals surface area contributed by atoms with E-state index in [9.17, 15) is 9.18 Å². The zero-order valence-corrected chi connectivity index (χ0v) is 10.9. The summed E-state index contributed by atoms with van der Waals surface area (Å²) in [4.78, 5) is 11.8. The van der Waals surface area contributed by atoms with Gasteiger partial charge in [-0.1, -0.05) is 18.6 Å². The van der Waals surface area contributed by atoms with E-state index in [-0.39, 0.29) is 30.2 Å². The first kappa shape index (κ1) is 14.9. The van der Waals surface area contributed by atoms with Crippen molar-refractivity contribution in [1.82, 2.24) is 10.6 Å². The van der Waals surface area contributed by atoms with Gasteiger partial charge in [-0.3, -0.25) is 4.79 Å². The van der Waals surface area contributed by atoms with E-state index in [1.807, 2.05) is 0 Å². The number of hydrogen-bond donors (Lipinski definition) is 2. The van der Waals surface area contributed by atoms with Gasteiger partial charge in [0.15, 0.2) is 0 Å². The van der Waals surface area contributed by atoms with Crippen molar-refractivity contribution in [2.75, 3.05) is 6.54 Å². The van der Waals surface area contributed by atoms with Crippen LogP contribution in [0.25, 0.3) is 0 Å². The lowest BCUT2D eigenvalue weighted by Gasteiger charge is -2.22. The molecule has 0 radical (unpaired) electrons. The summed E-state index contributed by atoms with van der Waals surface area (Å²) in [5.74, 6) is -0.219. The summed E-state index contributed by atoms with van der Waals surface area (Å²) in [6.45, 7) is 1.37. The second kappa shape index (κ2) is 7.34. The van der Waals surface area contributed by atoms with Crippen molar-refractivity contribution in [2.45, 2.75) is 31.8 Å². The minimum absolute atomic E-state index is 0. The van der Waals surface area contributed by atoms with Gasteiger partial charge in [-0.2, -0.15) is 0 Å². The number of benzene rings is 1. The molecule has 1 fully saturated rings. The molecule has 1 aromatic carbocycles. The molecular weight excluding hydrogens is 255 g/mol. The van der Waals surface area contributed by atoms with Crippen LogP contribution in [0.2, 0.25) is 0 Å². The van der Waals surface area contributed by atoms with Crippen LogP contribution in [0.5, 0.6) is 0 Å². The molecule has 1 aliphatic rings. The molecule has 100 valence electrons. The molecule has 5 heteroatoms. The Bertz CT molecular complexity index is 377. The number of amides is 1. The Morgan fingerprint density at radius 3 is 2.67 bits per heavy atom. The highest BCUT2D eigenvalue weighted by Crippen LogP contribution is 2.07. The summed E-state index contributed by atoms with van der Waals surface area (Å²) < 4.78 is 12.7. The molecule has 1 heterocycles. The first-order valence-electron chi connectivity index (χ1n) is 6.01. The van der Waals surface area contributed by atoms with Crippen molar-refractivity contribution < 1.29 is 9.18 Å². The summed E-state index contributed by atoms with van der Waals surface area (Å²) in [7, 11) is 0. The lowest BCUT2D eigenvalue weighted by atomic mass is 10.0. The number of halogens is 2. The Morgan fingerprint density at radius 2 is 2.06 bits per heavy atom. The second-order valence-corrected chi connectivity index (χ2v) is 4.35. The van der Waals surface area contributed by atoms with E-state index in [1.54, 1.807) is 12.1 Å². The van der Waals surface area contributed by atoms with Gasteiger partial charge in [-0.15, -0.1) is 12.4 Å². The van der Waals surface area contributed by atoms with E-state index >= 15 is 0 Å². The van der Waals surface area contributed by atoms with Gasteiger partial charge in [-0.25, -0.2) is 4.39 Å². The molecule has 0 aliphatic carbocycles. The predicted octanol–water partition coefficient (Wildman–Crippen LogP) is 2.01. The molecule has 0 aromatic heterocycles. The Morgan fingerprint density at radius 1 is 1.33 bits per heavy atom. The SMILES string of the molecule is Cl.O=C(NCc1ccc(F)cc1)[C@H]1CCCCN1. The number of hydrogen-bond acceptors (Lipinski definition) is 2. The van der Waals surface area contributed by atoms with E-state index < -0.39 is 0 Å². The van der Waals surface area contributed by atoms with Crippen molar-refractivity contribution >= 4 is 18.3 Å². The third kappa shape index (κ3) is 4.27. The first-order chi connectivity index (χ1) is 8.25. The van der Waals surface area contributed by atoms with Crippen molar-refractivity contribution in [3.05, 3.63) is 35.6 Å². The van der Waals surface area contributed by atoms with Crippen molar-refractivity contribution in [2.24, 2.45) is 0 Å². The second-order valence-electron chi connectivity index (χ2n) is 4.35. The van der Waals surface area contributed by atoms with Crippen molar-refractivity contribution in [3.63, 3.8) is 0 Å². The topological polar surface area (TPSA) is 41.1 Å². The van der Waals surface area contributed by atoms with Gasteiger partial charge in [0.1, 0.15) is 5.82 Å². The molecule has 0 spiro atoms. The van der Waals surface area contributed by atoms with Gasteiger partial charge in [0, 0.05) is 6.54 Å². The van der Waals surface area contributed by atoms with E-state index in [2.05, 4.69) is 10.6 Å². The lowest BCUT2D eigenvalue weighted by molar-refractivity contribution is -0.123. The molecule has 1 amide bonds. The molecule has 2 N–H and O–H groups in total. The van der Waals surface area contributed by atoms with Crippen LogP contribution in [-0.4, -0.2) is 18.5 Å². The van der Waals surface area contributed by atoms with Gasteiger partial charge in [0.25, 0.3) is 0 Å². The van der Waals surface area contributed by atoms with Crippen LogP contribution in [0.3, 0.4) is 0 Å². The number of rotatable bonds is 3. The van der Waals surface area contributed by atoms with Gasteiger partial charge in [0.2, 0.25) is 5.91 Å². The number of carbonyl (C=O) groups excluding carboxylic acids is 1. The average Bonchev–Trinajstić information content (AvgIpc) is 2.39. The van der Waals surface area contributed by atoms with Crippen LogP contribution in [0.15, 0.2) is 24.3 Å². The summed E-state index contributed by atoms with van der Waals surface area (Å²) in [5.41, 5.74) is 0.913. The monoisotopic (exact) mass is 272 g/mol. The Kier molecular flexibility index (Phi) is 6.09. The van der Waals surface area contributed by atoms with E-state index in [1.165, 1.54) is 12.1 Å². The van der Waals surface area contributed by atoms with Crippen molar-refractivity contribution in [1.29, 1.82) is 0 Å². The maximum atomic E-state index is 12.7. The van der Waals surface area contributed by atoms with Gasteiger partial charge in [-0.05, 0) is 37.1 Å². The maximum Gasteiger partial charge on any atom is 0.237 e. The van der Waals surface area contributed by atoms with E-state index in [0.717, 1.165) is 31.4 Å². The summed E-state index contributed by atoms with van der Waals surface area (Å²) >= 11 is 0. The largest absolute Gasteiger partial charge is 0.351 e. The molecule has 2 rings (SSSR count). The highest BCUT2D eigenvalue weighted by atomic mass is 35.5. The minimum atomic E-state index is -0.256. The van der Waals surface area contributed by atoms with Gasteiger partial charge >= 0.3 is 0 Å². The molecule has 0 bridgehead atoms. The van der Waals surface area contributed by atoms with E-state index in [4.69, 9.17) is 0 Å². The summed E-state index contributed by atoms with van der Waals surface area (Å²) in [5, 5.41) is 6.06. The molecule has 1 atom stereocenters. The standard InChI is InChI=1S/C13H17FN2O.ClH/c14-11-6-4-10(5-7-11)9-16-13(17)12-3-1-2-8-15-12;/h4-7,12,15H,1-3,8-9H2,(H,16,17);1H/t12-;/m1./s1. The molecule has 1 aliphatic heterocycles. The summed E-state index contributed by atoms with van der Waals surface area (Å²) in [6.07, 6.45) is 3.14. The zero-order valence-electron chi connectivity index (χ0n) is 10.1. The third-order valence-corrected chi connectivity index (χ3v) is 3.01. The van der Waals surface area contributed by atoms with Crippen LogP contribution < -0.4 is 10.6 Å². The van der Waals surface area contributed by atoms with Gasteiger partial charge in [0.05, 0.1) is 6.04 Å². The summed E-state index contributed by atoms with van der Waals surface area (Å²) in [6, 6.07) is 6.11. The minimum Gasteiger partial charge on any atom is -0.351 e. The smallest absolute Gasteiger partial charge is 0.237 e. The fourth-order valence-electron chi connectivity index (χ4n) is 1.99. The lowest BCUT2D eigenvalue weighted by Crippen LogP contribution is -2.46. The molecular formula is C13H18ClFN2O. The molecule has 3 nitrogen and oxygen atoms in total. The zero-order chi connectivity index (χ0) is 12.1. The Hall–Kier alpha value is -1.13. The Labute approximate surface area is 113 Å². The fourth-order valence-corrected chi connectivity index (χ4v) is 1.99. The van der Waals surface area contributed by atoms with Crippen LogP contribution in [0.4, 0.5) is 4.39 Å². The number of nitrogens with one attached hydrogen (secondary N) is 2. The number of piperidine rings is 1. The van der Waals surface area contributed by atoms with Crippen LogP contribution >= 0.6 is 12.4 Å². The Balaban J connectivity index is 0.00000162. The molecule has 1 aromatic rings. The average molecular weight is 273 g/mol. The van der Waals surface area contributed by atoms with Crippen LogP contribution in [-0.2, 0) is 11.3 Å².